The van der Waals surface area contributed by atoms with Gasteiger partial charge in [0.2, 0.25) is 0 Å². The van der Waals surface area contributed by atoms with Crippen molar-refractivity contribution in [3.05, 3.63) is 492 Å². The number of rotatable bonds is 28. The van der Waals surface area contributed by atoms with Crippen LogP contribution in [0.3, 0.4) is 0 Å². The molecule has 0 N–H and O–H groups in total. The summed E-state index contributed by atoms with van der Waals surface area (Å²) in [7, 11) is 0. The Morgan fingerprint density at radius 3 is 0.960 bits per heavy atom. The van der Waals surface area contributed by atoms with Gasteiger partial charge in [0, 0.05) is 77.9 Å². The highest BCUT2D eigenvalue weighted by atomic mass is 16.5. The van der Waals surface area contributed by atoms with Crippen molar-refractivity contribution in [3.63, 3.8) is 0 Å². The van der Waals surface area contributed by atoms with Gasteiger partial charge in [0.15, 0.2) is 0 Å². The molecule has 2 unspecified atom stereocenters. The Labute approximate surface area is 723 Å². The van der Waals surface area contributed by atoms with Crippen LogP contribution in [0.25, 0.3) is 89.4 Å². The third-order valence-electron chi connectivity index (χ3n) is 25.4. The molecule has 0 aliphatic heterocycles. The number of fused-ring (bicyclic) bond motifs is 12. The number of benzene rings is 17. The molecular weight excluding hydrogens is 1510 g/mol. The SMILES string of the molecule is C=Cc1ccc(OCCC2(c3ccccc3)c3ccccc3-c3ccc(N(c4ccccc4)c4ccc5c(c4)c4ccccc4n5-c4ccc(COCc5ccc(COCc6ccc(-n7c8ccccc8c8cc(N(c9ccccc9)c9ccc%10c(c9)C(CCOc9ccc(C=C)cc9)(c9ccccc9)c9ccccc9-%10)ccc87)cc6)cc5)cc4)cc32)cc1. The lowest BCUT2D eigenvalue weighted by molar-refractivity contribution is 0.105. The maximum atomic E-state index is 6.62. The summed E-state index contributed by atoms with van der Waals surface area (Å²) in [6.45, 7) is 10.9. The van der Waals surface area contributed by atoms with Crippen LogP contribution in [0.15, 0.2) is 426 Å². The van der Waals surface area contributed by atoms with Crippen LogP contribution in [-0.4, -0.2) is 22.3 Å². The summed E-state index contributed by atoms with van der Waals surface area (Å²) >= 11 is 0. The van der Waals surface area contributed by atoms with Crippen LogP contribution in [0.4, 0.5) is 34.1 Å². The number of ether oxygens (including phenoxy) is 4. The van der Waals surface area contributed by atoms with E-state index in [0.717, 1.165) is 125 Å². The van der Waals surface area contributed by atoms with Gasteiger partial charge in [-0.1, -0.05) is 292 Å². The molecule has 0 bridgehead atoms. The van der Waals surface area contributed by atoms with E-state index in [-0.39, 0.29) is 0 Å². The molecule has 0 spiro atoms. The molecule has 2 aliphatic rings. The summed E-state index contributed by atoms with van der Waals surface area (Å²) in [4.78, 5) is 4.83. The van der Waals surface area contributed by atoms with E-state index in [1.165, 1.54) is 77.2 Å². The molecule has 17 aromatic carbocycles. The molecule has 0 fully saturated rings. The molecule has 0 amide bonds. The van der Waals surface area contributed by atoms with Crippen LogP contribution in [0.1, 0.15) is 79.6 Å². The second kappa shape index (κ2) is 33.2. The quantitative estimate of drug-likeness (QED) is 0.0487. The van der Waals surface area contributed by atoms with Gasteiger partial charge in [0.1, 0.15) is 11.5 Å². The van der Waals surface area contributed by atoms with Gasteiger partial charge in [-0.05, 0) is 247 Å². The first kappa shape index (κ1) is 76.3. The average molecular weight is 1600 g/mol. The highest BCUT2D eigenvalue weighted by Crippen LogP contribution is 2.58. The predicted octanol–water partition coefficient (Wildman–Crippen LogP) is 29.1. The predicted molar refractivity (Wildman–Crippen MR) is 511 cm³/mol. The second-order valence-corrected chi connectivity index (χ2v) is 32.4. The number of aromatic nitrogens is 2. The molecule has 0 saturated heterocycles. The molecule has 2 atom stereocenters. The molecule has 0 saturated carbocycles. The summed E-state index contributed by atoms with van der Waals surface area (Å²) in [5.74, 6) is 1.69. The topological polar surface area (TPSA) is 53.3 Å². The molecular formula is C116H90N4O4. The standard InChI is InChI=1S/C116H90N4O4/c1-3-81-49-61-97(62-50-81)123-71-69-115(87-25-9-5-10-26-87)107-37-21-17-33-99(107)101-65-57-95(75-109(101)115)117(89-29-13-7-14-30-89)93-59-67-113-105(73-93)103-35-19-23-39-111(103)119(113)91-53-45-85(46-54-91)79-121-77-83-41-43-84(44-42-83)78-122-80-86-47-55-92(56-48-86)120-112-40-24-20-36-104(112)106-74-94(60-68-114(106)120)118(90-31-15-8-16-32-90)96-58-66-102-100-34-18-22-38-108(100)116(110(102)76-96,88-27-11-6-12-28-88)70-72-124-98-63-51-82(4-2)52-64-98/h3-68,73-76H,1-2,69-72,77-80H2. The number of anilines is 6. The van der Waals surface area contributed by atoms with E-state index < -0.39 is 10.8 Å². The van der Waals surface area contributed by atoms with E-state index in [9.17, 15) is 0 Å². The monoisotopic (exact) mass is 1600 g/mol. The van der Waals surface area contributed by atoms with Gasteiger partial charge in [-0.15, -0.1) is 0 Å². The van der Waals surface area contributed by atoms with Gasteiger partial charge in [0.05, 0.1) is 61.7 Å². The van der Waals surface area contributed by atoms with Crippen LogP contribution >= 0.6 is 0 Å². The summed E-state index contributed by atoms with van der Waals surface area (Å²) in [6, 6.07) is 150. The zero-order chi connectivity index (χ0) is 82.9. The number of hydrogen-bond acceptors (Lipinski definition) is 6. The third-order valence-corrected chi connectivity index (χ3v) is 25.4. The molecule has 0 radical (unpaired) electrons. The van der Waals surface area contributed by atoms with Crippen LogP contribution < -0.4 is 19.3 Å². The molecule has 2 heterocycles. The highest BCUT2D eigenvalue weighted by molar-refractivity contribution is 6.12. The Bertz CT molecular complexity index is 6700. The lowest BCUT2D eigenvalue weighted by atomic mass is 9.70. The first-order chi connectivity index (χ1) is 61.3. The average Bonchev–Trinajstić information content (AvgIpc) is 1.55. The van der Waals surface area contributed by atoms with Crippen molar-refractivity contribution >= 4 is 89.9 Å². The van der Waals surface area contributed by atoms with E-state index in [1.807, 2.05) is 36.4 Å². The van der Waals surface area contributed by atoms with E-state index >= 15 is 0 Å². The van der Waals surface area contributed by atoms with E-state index in [2.05, 4.69) is 420 Å². The van der Waals surface area contributed by atoms with Gasteiger partial charge < -0.3 is 37.9 Å². The zero-order valence-corrected chi connectivity index (χ0v) is 68.9. The van der Waals surface area contributed by atoms with Gasteiger partial charge >= 0.3 is 0 Å². The lowest BCUT2D eigenvalue weighted by Gasteiger charge is -2.34. The third kappa shape index (κ3) is 14.0. The molecule has 2 aromatic heterocycles. The molecule has 8 heteroatoms. The maximum Gasteiger partial charge on any atom is 0.119 e. The van der Waals surface area contributed by atoms with Crippen molar-refractivity contribution in [2.45, 2.75) is 50.1 Å². The summed E-state index contributed by atoms with van der Waals surface area (Å²) in [6.07, 6.45) is 5.20. The first-order valence-corrected chi connectivity index (χ1v) is 42.8. The van der Waals surface area contributed by atoms with E-state index in [1.54, 1.807) is 0 Å². The molecule has 124 heavy (non-hydrogen) atoms. The normalized spacial score (nSPS) is 14.3. The first-order valence-electron chi connectivity index (χ1n) is 42.8. The molecule has 19 aromatic rings. The van der Waals surface area contributed by atoms with Crippen molar-refractivity contribution in [1.82, 2.24) is 9.13 Å². The van der Waals surface area contributed by atoms with Crippen molar-refractivity contribution < 1.29 is 18.9 Å². The summed E-state index contributed by atoms with van der Waals surface area (Å²) < 4.78 is 30.9. The van der Waals surface area contributed by atoms with Crippen molar-refractivity contribution in [2.75, 3.05) is 23.0 Å². The van der Waals surface area contributed by atoms with E-state index in [4.69, 9.17) is 18.9 Å². The Morgan fingerprint density at radius 2 is 0.573 bits per heavy atom. The largest absolute Gasteiger partial charge is 0.494 e. The Morgan fingerprint density at radius 1 is 0.258 bits per heavy atom. The second-order valence-electron chi connectivity index (χ2n) is 32.4. The minimum Gasteiger partial charge on any atom is -0.494 e. The van der Waals surface area contributed by atoms with Gasteiger partial charge in [-0.25, -0.2) is 0 Å². The molecule has 8 nitrogen and oxygen atoms in total. The number of para-hydroxylation sites is 4. The van der Waals surface area contributed by atoms with Crippen molar-refractivity contribution in [1.29, 1.82) is 0 Å². The van der Waals surface area contributed by atoms with Gasteiger partial charge in [-0.2, -0.15) is 0 Å². The van der Waals surface area contributed by atoms with Crippen LogP contribution in [0.5, 0.6) is 11.5 Å². The summed E-state index contributed by atoms with van der Waals surface area (Å²) in [5, 5.41) is 4.72. The highest BCUT2D eigenvalue weighted by Gasteiger charge is 2.47. The molecule has 2 aliphatic carbocycles. The van der Waals surface area contributed by atoms with Crippen LogP contribution in [0.2, 0.25) is 0 Å². The Hall–Kier alpha value is -15.1. The molecule has 21 rings (SSSR count). The van der Waals surface area contributed by atoms with Gasteiger partial charge in [0.25, 0.3) is 0 Å². The van der Waals surface area contributed by atoms with Crippen molar-refractivity contribution in [3.8, 4) is 45.1 Å². The van der Waals surface area contributed by atoms with Crippen LogP contribution in [-0.2, 0) is 46.7 Å². The molecule has 598 valence electrons. The lowest BCUT2D eigenvalue weighted by Crippen LogP contribution is -2.29. The number of nitrogens with zero attached hydrogens (tertiary/aromatic N) is 4. The van der Waals surface area contributed by atoms with Crippen LogP contribution in [0, 0.1) is 0 Å². The smallest absolute Gasteiger partial charge is 0.119 e. The minimum atomic E-state index is -0.485. The Balaban J connectivity index is 0.487. The number of hydrogen-bond donors (Lipinski definition) is 0. The minimum absolute atomic E-state index is 0.483. The Kier molecular flexibility index (Phi) is 20.4. The zero-order valence-electron chi connectivity index (χ0n) is 68.9. The fraction of sp³-hybridized carbons (Fsp3) is 0.0862. The maximum absolute atomic E-state index is 6.62. The van der Waals surface area contributed by atoms with Crippen molar-refractivity contribution in [2.24, 2.45) is 0 Å². The summed E-state index contributed by atoms with van der Waals surface area (Å²) in [5.41, 5.74) is 31.3. The van der Waals surface area contributed by atoms with Gasteiger partial charge in [-0.3, -0.25) is 0 Å². The fourth-order valence-corrected chi connectivity index (χ4v) is 19.5. The fourth-order valence-electron chi connectivity index (χ4n) is 19.5. The van der Waals surface area contributed by atoms with E-state index in [0.29, 0.717) is 39.6 Å².